The summed E-state index contributed by atoms with van der Waals surface area (Å²) in [6.45, 7) is 3.06. The lowest BCUT2D eigenvalue weighted by molar-refractivity contribution is 0.0205. The standard InChI is InChI=1S/C15H23NO/c1-2-12-17-15-11-7-6-10-14(15)16-13-8-4-3-5-9-13/h3-5,8-9,14-16H,2,6-7,10-12H2,1H3/t14-,15-/m0/s1. The quantitative estimate of drug-likeness (QED) is 0.834. The van der Waals surface area contributed by atoms with Gasteiger partial charge < -0.3 is 10.1 Å². The maximum absolute atomic E-state index is 5.95. The molecule has 0 bridgehead atoms. The van der Waals surface area contributed by atoms with E-state index in [2.05, 4.69) is 42.6 Å². The van der Waals surface area contributed by atoms with Crippen molar-refractivity contribution in [3.05, 3.63) is 30.3 Å². The monoisotopic (exact) mass is 233 g/mol. The lowest BCUT2D eigenvalue weighted by Gasteiger charge is -2.32. The Balaban J connectivity index is 1.92. The number of nitrogens with one attached hydrogen (secondary N) is 1. The van der Waals surface area contributed by atoms with Crippen LogP contribution < -0.4 is 5.32 Å². The second-order valence-corrected chi connectivity index (χ2v) is 4.81. The van der Waals surface area contributed by atoms with E-state index in [1.807, 2.05) is 0 Å². The minimum atomic E-state index is 0.393. The van der Waals surface area contributed by atoms with Gasteiger partial charge in [0.05, 0.1) is 12.1 Å². The fourth-order valence-corrected chi connectivity index (χ4v) is 2.48. The van der Waals surface area contributed by atoms with Gasteiger partial charge in [-0.2, -0.15) is 0 Å². The van der Waals surface area contributed by atoms with Crippen molar-refractivity contribution >= 4 is 5.69 Å². The summed E-state index contributed by atoms with van der Waals surface area (Å²) >= 11 is 0. The Hall–Kier alpha value is -1.02. The summed E-state index contributed by atoms with van der Waals surface area (Å²) in [5.74, 6) is 0. The van der Waals surface area contributed by atoms with Gasteiger partial charge in [-0.3, -0.25) is 0 Å². The first-order valence-electron chi connectivity index (χ1n) is 6.83. The Kier molecular flexibility index (Phi) is 4.87. The van der Waals surface area contributed by atoms with E-state index in [0.717, 1.165) is 13.0 Å². The van der Waals surface area contributed by atoms with Gasteiger partial charge in [0.1, 0.15) is 0 Å². The topological polar surface area (TPSA) is 21.3 Å². The molecule has 2 rings (SSSR count). The number of benzene rings is 1. The largest absolute Gasteiger partial charge is 0.380 e. The van der Waals surface area contributed by atoms with Crippen molar-refractivity contribution in [2.45, 2.75) is 51.2 Å². The molecule has 1 aliphatic carbocycles. The second kappa shape index (κ2) is 6.65. The predicted molar refractivity (Wildman–Crippen MR) is 72.4 cm³/mol. The average Bonchev–Trinajstić information content (AvgIpc) is 2.39. The summed E-state index contributed by atoms with van der Waals surface area (Å²) in [5.41, 5.74) is 1.21. The molecule has 1 fully saturated rings. The van der Waals surface area contributed by atoms with Gasteiger partial charge >= 0.3 is 0 Å². The van der Waals surface area contributed by atoms with Gasteiger partial charge in [0.15, 0.2) is 0 Å². The van der Waals surface area contributed by atoms with Crippen LogP contribution in [0.2, 0.25) is 0 Å². The molecular weight excluding hydrogens is 210 g/mol. The van der Waals surface area contributed by atoms with E-state index in [1.165, 1.54) is 31.4 Å². The minimum absolute atomic E-state index is 0.393. The molecule has 94 valence electrons. The molecule has 1 aromatic carbocycles. The highest BCUT2D eigenvalue weighted by molar-refractivity contribution is 5.43. The molecular formula is C15H23NO. The van der Waals surface area contributed by atoms with Gasteiger partial charge in [-0.05, 0) is 31.4 Å². The molecule has 2 atom stereocenters. The smallest absolute Gasteiger partial charge is 0.0775 e. The second-order valence-electron chi connectivity index (χ2n) is 4.81. The molecule has 1 aliphatic rings. The van der Waals surface area contributed by atoms with Crippen LogP contribution in [0, 0.1) is 0 Å². The van der Waals surface area contributed by atoms with Crippen molar-refractivity contribution < 1.29 is 4.74 Å². The molecule has 17 heavy (non-hydrogen) atoms. The van der Waals surface area contributed by atoms with E-state index < -0.39 is 0 Å². The van der Waals surface area contributed by atoms with Crippen molar-refractivity contribution in [3.8, 4) is 0 Å². The van der Waals surface area contributed by atoms with Crippen LogP contribution in [0.15, 0.2) is 30.3 Å². The van der Waals surface area contributed by atoms with Gasteiger partial charge in [0, 0.05) is 12.3 Å². The van der Waals surface area contributed by atoms with E-state index in [-0.39, 0.29) is 0 Å². The van der Waals surface area contributed by atoms with Crippen molar-refractivity contribution in [3.63, 3.8) is 0 Å². The summed E-state index contributed by atoms with van der Waals surface area (Å²) in [6, 6.07) is 11.0. The third-order valence-electron chi connectivity index (χ3n) is 3.36. The van der Waals surface area contributed by atoms with Crippen molar-refractivity contribution in [2.24, 2.45) is 0 Å². The van der Waals surface area contributed by atoms with Crippen LogP contribution in [-0.4, -0.2) is 18.8 Å². The van der Waals surface area contributed by atoms with E-state index in [1.54, 1.807) is 0 Å². The third kappa shape index (κ3) is 3.74. The van der Waals surface area contributed by atoms with E-state index in [0.29, 0.717) is 12.1 Å². The molecule has 2 heteroatoms. The zero-order valence-corrected chi connectivity index (χ0v) is 10.7. The molecule has 1 aromatic rings. The highest BCUT2D eigenvalue weighted by atomic mass is 16.5. The molecule has 0 aliphatic heterocycles. The lowest BCUT2D eigenvalue weighted by Crippen LogP contribution is -2.38. The molecule has 0 amide bonds. The first-order valence-corrected chi connectivity index (χ1v) is 6.83. The van der Waals surface area contributed by atoms with E-state index in [9.17, 15) is 0 Å². The van der Waals surface area contributed by atoms with E-state index in [4.69, 9.17) is 4.74 Å². The molecule has 0 saturated heterocycles. The van der Waals surface area contributed by atoms with Gasteiger partial charge in [-0.1, -0.05) is 38.0 Å². The molecule has 0 heterocycles. The van der Waals surface area contributed by atoms with Gasteiger partial charge in [-0.25, -0.2) is 0 Å². The Morgan fingerprint density at radius 3 is 2.71 bits per heavy atom. The van der Waals surface area contributed by atoms with Crippen LogP contribution in [0.5, 0.6) is 0 Å². The zero-order valence-electron chi connectivity index (χ0n) is 10.7. The van der Waals surface area contributed by atoms with Gasteiger partial charge in [0.2, 0.25) is 0 Å². The first kappa shape index (κ1) is 12.4. The Morgan fingerprint density at radius 2 is 1.94 bits per heavy atom. The highest BCUT2D eigenvalue weighted by Crippen LogP contribution is 2.24. The zero-order chi connectivity index (χ0) is 11.9. The molecule has 0 radical (unpaired) electrons. The maximum Gasteiger partial charge on any atom is 0.0775 e. The number of para-hydroxylation sites is 1. The summed E-state index contributed by atoms with van der Waals surface area (Å²) in [7, 11) is 0. The van der Waals surface area contributed by atoms with Crippen LogP contribution in [-0.2, 0) is 4.74 Å². The van der Waals surface area contributed by atoms with Crippen LogP contribution in [0.1, 0.15) is 39.0 Å². The van der Waals surface area contributed by atoms with Crippen LogP contribution in [0.25, 0.3) is 0 Å². The van der Waals surface area contributed by atoms with Crippen molar-refractivity contribution in [1.82, 2.24) is 0 Å². The third-order valence-corrected chi connectivity index (χ3v) is 3.36. The molecule has 2 nitrogen and oxygen atoms in total. The van der Waals surface area contributed by atoms with Gasteiger partial charge in [0.25, 0.3) is 0 Å². The molecule has 1 saturated carbocycles. The molecule has 0 unspecified atom stereocenters. The van der Waals surface area contributed by atoms with Gasteiger partial charge in [-0.15, -0.1) is 0 Å². The SMILES string of the molecule is CCCO[C@H]1CCCC[C@@H]1Nc1ccccc1. The van der Waals surface area contributed by atoms with Crippen LogP contribution in [0.3, 0.4) is 0 Å². The van der Waals surface area contributed by atoms with Crippen LogP contribution >= 0.6 is 0 Å². The number of rotatable bonds is 5. The minimum Gasteiger partial charge on any atom is -0.380 e. The summed E-state index contributed by atoms with van der Waals surface area (Å²) < 4.78 is 5.95. The summed E-state index contributed by atoms with van der Waals surface area (Å²) in [5, 5.41) is 3.61. The predicted octanol–water partition coefficient (Wildman–Crippen LogP) is 3.84. The normalized spacial score (nSPS) is 24.5. The number of hydrogen-bond acceptors (Lipinski definition) is 2. The number of ether oxygens (including phenoxy) is 1. The highest BCUT2D eigenvalue weighted by Gasteiger charge is 2.25. The van der Waals surface area contributed by atoms with E-state index >= 15 is 0 Å². The fraction of sp³-hybridized carbons (Fsp3) is 0.600. The summed E-state index contributed by atoms with van der Waals surface area (Å²) in [4.78, 5) is 0. The lowest BCUT2D eigenvalue weighted by atomic mass is 9.92. The number of anilines is 1. The first-order chi connectivity index (χ1) is 8.40. The Labute approximate surface area is 104 Å². The van der Waals surface area contributed by atoms with Crippen molar-refractivity contribution in [2.75, 3.05) is 11.9 Å². The Bertz CT molecular complexity index is 312. The number of hydrogen-bond donors (Lipinski definition) is 1. The molecule has 0 spiro atoms. The average molecular weight is 233 g/mol. The van der Waals surface area contributed by atoms with Crippen molar-refractivity contribution in [1.29, 1.82) is 0 Å². The fourth-order valence-electron chi connectivity index (χ4n) is 2.48. The Morgan fingerprint density at radius 1 is 1.18 bits per heavy atom. The summed E-state index contributed by atoms with van der Waals surface area (Å²) in [6.07, 6.45) is 6.55. The molecule has 1 N–H and O–H groups in total. The van der Waals surface area contributed by atoms with Crippen LogP contribution in [0.4, 0.5) is 5.69 Å². The molecule has 0 aromatic heterocycles. The maximum atomic E-state index is 5.95.